The Morgan fingerprint density at radius 3 is 2.29 bits per heavy atom. The number of hydrogen-bond donors (Lipinski definition) is 2. The van der Waals surface area contributed by atoms with Crippen LogP contribution in [0.3, 0.4) is 0 Å². The van der Waals surface area contributed by atoms with Gasteiger partial charge >= 0.3 is 12.4 Å². The Bertz CT molecular complexity index is 1450. The molecule has 1 aliphatic heterocycles. The number of ether oxygens (including phenoxy) is 1. The zero-order chi connectivity index (χ0) is 30.0. The fourth-order valence-electron chi connectivity index (χ4n) is 4.36. The first-order valence-electron chi connectivity index (χ1n) is 12.4. The fourth-order valence-corrected chi connectivity index (χ4v) is 4.36. The summed E-state index contributed by atoms with van der Waals surface area (Å²) < 4.78 is 88.1. The topological polar surface area (TPSA) is 98.1 Å². The summed E-state index contributed by atoms with van der Waals surface area (Å²) in [6, 6.07) is 11.0. The molecule has 0 bridgehead atoms. The maximum atomic E-state index is 14.8. The molecule has 1 unspecified atom stereocenters. The first kappa shape index (κ1) is 29.6. The second-order valence-electron chi connectivity index (χ2n) is 9.58. The summed E-state index contributed by atoms with van der Waals surface area (Å²) in [5.74, 6) is -1.94. The summed E-state index contributed by atoms with van der Waals surface area (Å²) in [5, 5.41) is 11.8. The van der Waals surface area contributed by atoms with E-state index in [1.165, 1.54) is 30.1 Å². The Balaban J connectivity index is 1.70. The van der Waals surface area contributed by atoms with Gasteiger partial charge in [-0.25, -0.2) is 0 Å². The number of amides is 2. The van der Waals surface area contributed by atoms with Crippen LogP contribution in [0.25, 0.3) is 5.57 Å². The van der Waals surface area contributed by atoms with Gasteiger partial charge < -0.3 is 15.4 Å². The number of halogens is 6. The predicted molar refractivity (Wildman–Crippen MR) is 134 cm³/mol. The minimum Gasteiger partial charge on any atom is -0.494 e. The van der Waals surface area contributed by atoms with Gasteiger partial charge in [0, 0.05) is 19.9 Å². The molecule has 8 nitrogen and oxygen atoms in total. The zero-order valence-electron chi connectivity index (χ0n) is 21.9. The molecule has 0 saturated heterocycles. The van der Waals surface area contributed by atoms with E-state index in [-0.39, 0.29) is 46.9 Å². The Kier molecular flexibility index (Phi) is 8.13. The lowest BCUT2D eigenvalue weighted by atomic mass is 9.77. The number of nitrogens with zero attached hydrogens (tertiary/aromatic N) is 3. The molecule has 2 aromatic carbocycles. The molecule has 0 aliphatic carbocycles. The van der Waals surface area contributed by atoms with Crippen LogP contribution in [0.1, 0.15) is 46.4 Å². The normalized spacial score (nSPS) is 17.8. The number of aryl methyl sites for hydroxylation is 2. The van der Waals surface area contributed by atoms with E-state index in [2.05, 4.69) is 20.9 Å². The monoisotopic (exact) mass is 581 g/mol. The second-order valence-corrected chi connectivity index (χ2v) is 9.58. The predicted octanol–water partition coefficient (Wildman–Crippen LogP) is 4.96. The van der Waals surface area contributed by atoms with E-state index in [9.17, 15) is 35.9 Å². The molecule has 2 N–H and O–H groups in total. The van der Waals surface area contributed by atoms with Gasteiger partial charge in [0.1, 0.15) is 11.4 Å². The summed E-state index contributed by atoms with van der Waals surface area (Å²) in [4.78, 5) is 26.1. The first-order chi connectivity index (χ1) is 19.2. The first-order valence-corrected chi connectivity index (χ1v) is 12.4. The number of aromatic nitrogens is 3. The summed E-state index contributed by atoms with van der Waals surface area (Å²) in [7, 11) is 1.52. The molecule has 1 atom stereocenters. The highest BCUT2D eigenvalue weighted by atomic mass is 19.4. The second kappa shape index (κ2) is 11.3. The van der Waals surface area contributed by atoms with Crippen molar-refractivity contribution in [2.24, 2.45) is 7.05 Å². The smallest absolute Gasteiger partial charge is 0.416 e. The lowest BCUT2D eigenvalue weighted by Crippen LogP contribution is -2.60. The van der Waals surface area contributed by atoms with Crippen LogP contribution in [0.5, 0.6) is 5.75 Å². The van der Waals surface area contributed by atoms with Gasteiger partial charge in [-0.1, -0.05) is 47.2 Å². The standard InChI is InChI=1S/C27H25F6N5O3/c1-16-4-6-17(7-5-16)20-14-25(27(31,32)33,18-8-10-19(11-9-18)41-13-3-12-26(28,29)30)35-24(40)22(20)34-23(39)21-15-38(2)37-36-21/h4-11,15H,3,12-14H2,1-2H3,(H,34,39)(H,35,40). The van der Waals surface area contributed by atoms with Crippen LogP contribution in [0.4, 0.5) is 26.3 Å². The van der Waals surface area contributed by atoms with E-state index in [0.717, 1.165) is 17.7 Å². The molecule has 0 fully saturated rings. The zero-order valence-corrected chi connectivity index (χ0v) is 21.9. The maximum Gasteiger partial charge on any atom is 0.416 e. The molecule has 14 heteroatoms. The van der Waals surface area contributed by atoms with Crippen LogP contribution < -0.4 is 15.4 Å². The lowest BCUT2D eigenvalue weighted by molar-refractivity contribution is -0.201. The molecular formula is C27H25F6N5O3. The average molecular weight is 582 g/mol. The van der Waals surface area contributed by atoms with E-state index >= 15 is 0 Å². The Labute approximate surface area is 230 Å². The molecule has 0 radical (unpaired) electrons. The van der Waals surface area contributed by atoms with E-state index in [1.54, 1.807) is 31.2 Å². The highest BCUT2D eigenvalue weighted by Gasteiger charge is 2.59. The summed E-state index contributed by atoms with van der Waals surface area (Å²) in [6.45, 7) is 1.50. The SMILES string of the molecule is Cc1ccc(C2=C(NC(=O)c3cn(C)nn3)C(=O)NC(c3ccc(OCCCC(F)(F)F)cc3)(C(F)(F)F)C2)cc1. The number of hydrogen-bond acceptors (Lipinski definition) is 5. The summed E-state index contributed by atoms with van der Waals surface area (Å²) in [5.41, 5.74) is -2.67. The van der Waals surface area contributed by atoms with Crippen molar-refractivity contribution in [1.29, 1.82) is 0 Å². The number of rotatable bonds is 8. The van der Waals surface area contributed by atoms with Gasteiger partial charge in [-0.3, -0.25) is 14.3 Å². The molecule has 1 aliphatic rings. The lowest BCUT2D eigenvalue weighted by Gasteiger charge is -2.41. The van der Waals surface area contributed by atoms with Crippen molar-refractivity contribution in [1.82, 2.24) is 25.6 Å². The van der Waals surface area contributed by atoms with Crippen molar-refractivity contribution < 1.29 is 40.7 Å². The number of carbonyl (C=O) groups excluding carboxylic acids is 2. The van der Waals surface area contributed by atoms with Gasteiger partial charge in [0.25, 0.3) is 11.8 Å². The van der Waals surface area contributed by atoms with Crippen molar-refractivity contribution in [3.8, 4) is 5.75 Å². The van der Waals surface area contributed by atoms with E-state index in [1.807, 2.05) is 0 Å². The average Bonchev–Trinajstić information content (AvgIpc) is 3.34. The van der Waals surface area contributed by atoms with Gasteiger partial charge in [0.05, 0.1) is 12.8 Å². The third kappa shape index (κ3) is 6.69. The molecule has 218 valence electrons. The quantitative estimate of drug-likeness (QED) is 0.290. The van der Waals surface area contributed by atoms with Crippen LogP contribution in [0.2, 0.25) is 0 Å². The van der Waals surface area contributed by atoms with Crippen LogP contribution in [-0.2, 0) is 17.4 Å². The molecule has 0 saturated carbocycles. The van der Waals surface area contributed by atoms with E-state index in [0.29, 0.717) is 0 Å². The van der Waals surface area contributed by atoms with Gasteiger partial charge in [-0.05, 0) is 42.2 Å². The van der Waals surface area contributed by atoms with E-state index in [4.69, 9.17) is 4.74 Å². The Hall–Kier alpha value is -4.36. The van der Waals surface area contributed by atoms with E-state index < -0.39 is 42.5 Å². The van der Waals surface area contributed by atoms with Gasteiger partial charge in [-0.2, -0.15) is 26.3 Å². The third-order valence-electron chi connectivity index (χ3n) is 6.48. The Morgan fingerprint density at radius 2 is 1.73 bits per heavy atom. The number of benzene rings is 2. The minimum absolute atomic E-state index is 0.0595. The third-order valence-corrected chi connectivity index (χ3v) is 6.48. The Morgan fingerprint density at radius 1 is 1.07 bits per heavy atom. The maximum absolute atomic E-state index is 14.8. The minimum atomic E-state index is -4.99. The highest BCUT2D eigenvalue weighted by molar-refractivity contribution is 6.08. The fraction of sp³-hybridized carbons (Fsp3) is 0.333. The molecule has 4 rings (SSSR count). The highest BCUT2D eigenvalue weighted by Crippen LogP contribution is 2.48. The number of alkyl halides is 6. The van der Waals surface area contributed by atoms with Crippen molar-refractivity contribution in [3.63, 3.8) is 0 Å². The summed E-state index contributed by atoms with van der Waals surface area (Å²) >= 11 is 0. The number of nitrogens with one attached hydrogen (secondary N) is 2. The van der Waals surface area contributed by atoms with Gasteiger partial charge in [0.15, 0.2) is 11.2 Å². The van der Waals surface area contributed by atoms with Crippen LogP contribution in [-0.4, -0.2) is 45.8 Å². The van der Waals surface area contributed by atoms with Crippen LogP contribution in [0.15, 0.2) is 60.4 Å². The van der Waals surface area contributed by atoms with Gasteiger partial charge in [-0.15, -0.1) is 5.10 Å². The van der Waals surface area contributed by atoms with Crippen molar-refractivity contribution in [2.45, 2.75) is 44.1 Å². The van der Waals surface area contributed by atoms with Crippen LogP contribution in [0, 0.1) is 6.92 Å². The van der Waals surface area contributed by atoms with Crippen LogP contribution >= 0.6 is 0 Å². The largest absolute Gasteiger partial charge is 0.494 e. The van der Waals surface area contributed by atoms with Crippen molar-refractivity contribution in [2.75, 3.05) is 6.61 Å². The molecule has 0 spiro atoms. The molecular weight excluding hydrogens is 556 g/mol. The van der Waals surface area contributed by atoms with Crippen molar-refractivity contribution >= 4 is 17.4 Å². The number of carbonyl (C=O) groups is 2. The summed E-state index contributed by atoms with van der Waals surface area (Å²) in [6.07, 6.45) is -10.2. The molecule has 41 heavy (non-hydrogen) atoms. The molecule has 2 amide bonds. The van der Waals surface area contributed by atoms with Gasteiger partial charge in [0.2, 0.25) is 0 Å². The molecule has 3 aromatic rings. The molecule has 2 heterocycles. The van der Waals surface area contributed by atoms with Crippen molar-refractivity contribution in [3.05, 3.63) is 82.8 Å². The molecule has 1 aromatic heterocycles.